The number of hydrogen-bond donors (Lipinski definition) is 1. The van der Waals surface area contributed by atoms with Crippen molar-refractivity contribution in [3.63, 3.8) is 0 Å². The minimum atomic E-state index is -7.57. The van der Waals surface area contributed by atoms with Crippen LogP contribution in [0.3, 0.4) is 0 Å². The SMILES string of the molecule is COC(=O)C(O)CC(F)(F)C(F)(F)C(F)(F)C(F)(F)C(F)(F)F. The fourth-order valence-corrected chi connectivity index (χ4v) is 1.20. The molecule has 1 N–H and O–H groups in total. The molecule has 0 rings (SSSR count). The zero-order valence-corrected chi connectivity index (χ0v) is 10.7. The number of carbonyl (C=O) groups is 1. The van der Waals surface area contributed by atoms with E-state index < -0.39 is 48.4 Å². The molecule has 0 aliphatic rings. The van der Waals surface area contributed by atoms with Crippen LogP contribution in [0.25, 0.3) is 0 Å². The van der Waals surface area contributed by atoms with Crippen LogP contribution < -0.4 is 0 Å². The third-order valence-corrected chi connectivity index (χ3v) is 2.53. The van der Waals surface area contributed by atoms with Gasteiger partial charge in [-0.05, 0) is 0 Å². The van der Waals surface area contributed by atoms with Crippen LogP contribution in [-0.2, 0) is 9.53 Å². The zero-order chi connectivity index (χ0) is 19.1. The predicted octanol–water partition coefficient (Wildman–Crippen LogP) is 3.01. The Kier molecular flexibility index (Phi) is 5.60. The molecule has 1 unspecified atom stereocenters. The van der Waals surface area contributed by atoms with Crippen molar-refractivity contribution in [2.75, 3.05) is 7.11 Å². The maximum Gasteiger partial charge on any atom is 0.460 e. The molecule has 0 fully saturated rings. The van der Waals surface area contributed by atoms with Gasteiger partial charge in [-0.25, -0.2) is 4.79 Å². The molecule has 0 aromatic rings. The molecular weight excluding hydrogens is 365 g/mol. The number of methoxy groups -OCH3 is 1. The smallest absolute Gasteiger partial charge is 0.460 e. The average Bonchev–Trinajstić information content (AvgIpc) is 2.34. The van der Waals surface area contributed by atoms with Gasteiger partial charge in [-0.1, -0.05) is 0 Å². The van der Waals surface area contributed by atoms with Crippen LogP contribution in [0.5, 0.6) is 0 Å². The summed E-state index contributed by atoms with van der Waals surface area (Å²) < 4.78 is 142. The van der Waals surface area contributed by atoms with E-state index in [9.17, 15) is 53.1 Å². The van der Waals surface area contributed by atoms with Gasteiger partial charge in [0, 0.05) is 0 Å². The van der Waals surface area contributed by atoms with Crippen molar-refractivity contribution in [3.05, 3.63) is 0 Å². The number of halogens is 11. The second-order valence-corrected chi connectivity index (χ2v) is 4.17. The predicted molar refractivity (Wildman–Crippen MR) is 48.5 cm³/mol. The molecule has 0 aromatic heterocycles. The van der Waals surface area contributed by atoms with Crippen LogP contribution in [0.1, 0.15) is 6.42 Å². The highest BCUT2D eigenvalue weighted by molar-refractivity contribution is 5.74. The van der Waals surface area contributed by atoms with E-state index in [1.807, 2.05) is 0 Å². The van der Waals surface area contributed by atoms with Gasteiger partial charge in [-0.3, -0.25) is 0 Å². The molecule has 0 aliphatic heterocycles. The summed E-state index contributed by atoms with van der Waals surface area (Å²) in [5, 5.41) is 8.70. The summed E-state index contributed by atoms with van der Waals surface area (Å²) in [6.45, 7) is 0. The van der Waals surface area contributed by atoms with Gasteiger partial charge in [0.15, 0.2) is 6.10 Å². The monoisotopic (exact) mass is 372 g/mol. The van der Waals surface area contributed by atoms with E-state index in [2.05, 4.69) is 4.74 Å². The van der Waals surface area contributed by atoms with Crippen LogP contribution in [0.4, 0.5) is 48.3 Å². The van der Waals surface area contributed by atoms with Gasteiger partial charge in [0.25, 0.3) is 0 Å². The molecule has 14 heteroatoms. The van der Waals surface area contributed by atoms with Gasteiger partial charge in [0.05, 0.1) is 13.5 Å². The average molecular weight is 372 g/mol. The van der Waals surface area contributed by atoms with Crippen molar-refractivity contribution in [1.82, 2.24) is 0 Å². The Morgan fingerprint density at radius 1 is 0.870 bits per heavy atom. The molecule has 0 saturated heterocycles. The number of ether oxygens (including phenoxy) is 1. The van der Waals surface area contributed by atoms with Gasteiger partial charge >= 0.3 is 35.8 Å². The molecule has 0 aromatic carbocycles. The number of rotatable bonds is 6. The van der Waals surface area contributed by atoms with E-state index in [-0.39, 0.29) is 0 Å². The molecule has 0 radical (unpaired) electrons. The number of hydrogen-bond acceptors (Lipinski definition) is 3. The van der Waals surface area contributed by atoms with Gasteiger partial charge in [0.1, 0.15) is 0 Å². The highest BCUT2D eigenvalue weighted by Crippen LogP contribution is 2.58. The van der Waals surface area contributed by atoms with Crippen molar-refractivity contribution in [1.29, 1.82) is 0 Å². The Bertz CT molecular complexity index is 443. The first-order chi connectivity index (χ1) is 9.87. The highest BCUT2D eigenvalue weighted by Gasteiger charge is 2.87. The molecular formula is C9H7F11O3. The Morgan fingerprint density at radius 2 is 1.26 bits per heavy atom. The van der Waals surface area contributed by atoms with E-state index in [1.54, 1.807) is 0 Å². The van der Waals surface area contributed by atoms with Crippen LogP contribution in [0.15, 0.2) is 0 Å². The topological polar surface area (TPSA) is 46.5 Å². The van der Waals surface area contributed by atoms with E-state index in [4.69, 9.17) is 5.11 Å². The third kappa shape index (κ3) is 3.45. The Balaban J connectivity index is 5.80. The first-order valence-corrected chi connectivity index (χ1v) is 5.20. The molecule has 0 aliphatic carbocycles. The second-order valence-electron chi connectivity index (χ2n) is 4.17. The minimum Gasteiger partial charge on any atom is -0.467 e. The van der Waals surface area contributed by atoms with Crippen LogP contribution >= 0.6 is 0 Å². The normalized spacial score (nSPS) is 16.2. The van der Waals surface area contributed by atoms with Crippen LogP contribution in [-0.4, -0.2) is 54.2 Å². The molecule has 0 saturated carbocycles. The minimum absolute atomic E-state index is 0.467. The Hall–Kier alpha value is -1.34. The number of aliphatic hydroxyl groups is 1. The summed E-state index contributed by atoms with van der Waals surface area (Å²) in [4.78, 5) is 10.6. The van der Waals surface area contributed by atoms with E-state index in [0.29, 0.717) is 7.11 Å². The highest BCUT2D eigenvalue weighted by atomic mass is 19.4. The lowest BCUT2D eigenvalue weighted by atomic mass is 9.94. The Morgan fingerprint density at radius 3 is 1.57 bits per heavy atom. The molecule has 1 atom stereocenters. The molecule has 0 heterocycles. The second kappa shape index (κ2) is 5.94. The lowest BCUT2D eigenvalue weighted by Gasteiger charge is -2.37. The largest absolute Gasteiger partial charge is 0.467 e. The molecule has 3 nitrogen and oxygen atoms in total. The quantitative estimate of drug-likeness (QED) is 0.576. The van der Waals surface area contributed by atoms with Crippen molar-refractivity contribution < 1.29 is 62.9 Å². The summed E-state index contributed by atoms with van der Waals surface area (Å²) in [6.07, 6.45) is -13.3. The number of esters is 1. The first kappa shape index (κ1) is 21.7. The lowest BCUT2D eigenvalue weighted by molar-refractivity contribution is -0.423. The molecule has 23 heavy (non-hydrogen) atoms. The van der Waals surface area contributed by atoms with Crippen molar-refractivity contribution in [2.24, 2.45) is 0 Å². The van der Waals surface area contributed by atoms with Gasteiger partial charge in [0.2, 0.25) is 0 Å². The van der Waals surface area contributed by atoms with E-state index in [0.717, 1.165) is 0 Å². The van der Waals surface area contributed by atoms with Crippen molar-refractivity contribution in [3.8, 4) is 0 Å². The maximum atomic E-state index is 13.1. The van der Waals surface area contributed by atoms with Crippen LogP contribution in [0, 0.1) is 0 Å². The number of aliphatic hydroxyl groups excluding tert-OH is 1. The molecule has 0 spiro atoms. The van der Waals surface area contributed by atoms with Gasteiger partial charge < -0.3 is 9.84 Å². The summed E-state index contributed by atoms with van der Waals surface area (Å²) >= 11 is 0. The zero-order valence-electron chi connectivity index (χ0n) is 10.7. The Labute approximate surface area is 120 Å². The van der Waals surface area contributed by atoms with Crippen molar-refractivity contribution in [2.45, 2.75) is 42.4 Å². The molecule has 0 bridgehead atoms. The van der Waals surface area contributed by atoms with E-state index >= 15 is 0 Å². The summed E-state index contributed by atoms with van der Waals surface area (Å²) in [5.74, 6) is -30.7. The summed E-state index contributed by atoms with van der Waals surface area (Å²) in [5.41, 5.74) is 0. The van der Waals surface area contributed by atoms with Gasteiger partial charge in [-0.2, -0.15) is 48.3 Å². The van der Waals surface area contributed by atoms with Crippen molar-refractivity contribution >= 4 is 5.97 Å². The number of carbonyl (C=O) groups excluding carboxylic acids is 1. The first-order valence-electron chi connectivity index (χ1n) is 5.20. The fraction of sp³-hybridized carbons (Fsp3) is 0.889. The molecule has 138 valence electrons. The lowest BCUT2D eigenvalue weighted by Crippen LogP contribution is -2.66. The number of alkyl halides is 11. The van der Waals surface area contributed by atoms with E-state index in [1.165, 1.54) is 0 Å². The molecule has 0 amide bonds. The fourth-order valence-electron chi connectivity index (χ4n) is 1.20. The maximum absolute atomic E-state index is 13.1. The van der Waals surface area contributed by atoms with Crippen LogP contribution in [0.2, 0.25) is 0 Å². The summed E-state index contributed by atoms with van der Waals surface area (Å²) in [7, 11) is 0.467. The third-order valence-electron chi connectivity index (χ3n) is 2.53. The summed E-state index contributed by atoms with van der Waals surface area (Å²) in [6, 6.07) is 0. The standard InChI is InChI=1S/C9H7F11O3/c1-23-4(22)3(21)2-5(10,11)6(12,13)7(14,15)8(16,17)9(18,19)20/h3,21H,2H2,1H3. The van der Waals surface area contributed by atoms with Gasteiger partial charge in [-0.15, -0.1) is 0 Å².